The first-order valence-electron chi connectivity index (χ1n) is 5.90. The summed E-state index contributed by atoms with van der Waals surface area (Å²) < 4.78 is 0. The Bertz CT molecular complexity index is 397. The van der Waals surface area contributed by atoms with Crippen molar-refractivity contribution in [3.05, 3.63) is 17.0 Å². The van der Waals surface area contributed by atoms with Gasteiger partial charge in [0.1, 0.15) is 0 Å². The van der Waals surface area contributed by atoms with Crippen LogP contribution in [0.25, 0.3) is 0 Å². The fourth-order valence-corrected chi connectivity index (χ4v) is 3.02. The number of hydrogen-bond donors (Lipinski definition) is 3. The highest BCUT2D eigenvalue weighted by Gasteiger charge is 2.34. The number of amides is 2. The maximum absolute atomic E-state index is 11.8. The van der Waals surface area contributed by atoms with Crippen LogP contribution in [0.2, 0.25) is 0 Å². The van der Waals surface area contributed by atoms with Crippen LogP contribution in [0.3, 0.4) is 0 Å². The van der Waals surface area contributed by atoms with Crippen LogP contribution >= 0.6 is 11.3 Å². The Labute approximate surface area is 105 Å². The van der Waals surface area contributed by atoms with Crippen molar-refractivity contribution >= 4 is 22.4 Å². The molecule has 0 spiro atoms. The molecule has 1 aromatic rings. The van der Waals surface area contributed by atoms with Crippen molar-refractivity contribution in [2.24, 2.45) is 0 Å². The van der Waals surface area contributed by atoms with Gasteiger partial charge >= 0.3 is 6.03 Å². The molecule has 0 saturated heterocycles. The Hall–Kier alpha value is -1.07. The van der Waals surface area contributed by atoms with Crippen LogP contribution in [0.15, 0.2) is 12.1 Å². The van der Waals surface area contributed by atoms with Crippen molar-refractivity contribution in [3.8, 4) is 0 Å². The van der Waals surface area contributed by atoms with E-state index in [4.69, 9.17) is 0 Å². The van der Waals surface area contributed by atoms with E-state index < -0.39 is 5.54 Å². The summed E-state index contributed by atoms with van der Waals surface area (Å²) in [6, 6.07) is 3.64. The first-order valence-corrected chi connectivity index (χ1v) is 6.72. The van der Waals surface area contributed by atoms with Gasteiger partial charge in [0, 0.05) is 4.88 Å². The second kappa shape index (κ2) is 5.06. The highest BCUT2D eigenvalue weighted by Crippen LogP contribution is 2.29. The van der Waals surface area contributed by atoms with Crippen LogP contribution in [-0.4, -0.2) is 23.3 Å². The van der Waals surface area contributed by atoms with E-state index in [-0.39, 0.29) is 12.6 Å². The molecule has 1 heterocycles. The standard InChI is InChI=1S/C12H18N2O2S/c1-9-4-5-10(17-9)13-11(16)14-12(8-15)6-2-3-7-12/h4-5,15H,2-3,6-8H2,1H3,(H2,13,14,16). The van der Waals surface area contributed by atoms with Gasteiger partial charge in [0.05, 0.1) is 17.1 Å². The lowest BCUT2D eigenvalue weighted by atomic mass is 9.99. The molecule has 1 aromatic heterocycles. The van der Waals surface area contributed by atoms with Gasteiger partial charge in [0.25, 0.3) is 0 Å². The molecule has 0 unspecified atom stereocenters. The Morgan fingerprint density at radius 2 is 2.18 bits per heavy atom. The van der Waals surface area contributed by atoms with Crippen LogP contribution in [0.4, 0.5) is 9.80 Å². The van der Waals surface area contributed by atoms with Crippen molar-refractivity contribution in [2.75, 3.05) is 11.9 Å². The van der Waals surface area contributed by atoms with Crippen LogP contribution in [0, 0.1) is 6.92 Å². The minimum Gasteiger partial charge on any atom is -0.394 e. The fourth-order valence-electron chi connectivity index (χ4n) is 2.26. The van der Waals surface area contributed by atoms with Crippen molar-refractivity contribution in [2.45, 2.75) is 38.1 Å². The summed E-state index contributed by atoms with van der Waals surface area (Å²) in [4.78, 5) is 13.0. The Balaban J connectivity index is 1.92. The maximum Gasteiger partial charge on any atom is 0.320 e. The number of anilines is 1. The number of aliphatic hydroxyl groups excluding tert-OH is 1. The Morgan fingerprint density at radius 1 is 1.47 bits per heavy atom. The van der Waals surface area contributed by atoms with Crippen molar-refractivity contribution < 1.29 is 9.90 Å². The van der Waals surface area contributed by atoms with Gasteiger partial charge in [-0.1, -0.05) is 12.8 Å². The molecule has 5 heteroatoms. The summed E-state index contributed by atoms with van der Waals surface area (Å²) in [7, 11) is 0. The highest BCUT2D eigenvalue weighted by atomic mass is 32.1. The van der Waals surface area contributed by atoms with E-state index in [1.807, 2.05) is 19.1 Å². The predicted molar refractivity (Wildman–Crippen MR) is 69.5 cm³/mol. The van der Waals surface area contributed by atoms with Crippen LogP contribution in [-0.2, 0) is 0 Å². The molecule has 1 aliphatic carbocycles. The summed E-state index contributed by atoms with van der Waals surface area (Å²) in [5, 5.41) is 15.9. The molecular formula is C12H18N2O2S. The van der Waals surface area contributed by atoms with Crippen LogP contribution in [0.5, 0.6) is 0 Å². The minimum absolute atomic E-state index is 0.0177. The second-order valence-electron chi connectivity index (χ2n) is 4.63. The first-order chi connectivity index (χ1) is 8.13. The summed E-state index contributed by atoms with van der Waals surface area (Å²) >= 11 is 1.55. The zero-order valence-corrected chi connectivity index (χ0v) is 10.8. The second-order valence-corrected chi connectivity index (χ2v) is 5.92. The van der Waals surface area contributed by atoms with Gasteiger partial charge in [0.15, 0.2) is 0 Å². The normalized spacial score (nSPS) is 18.0. The molecule has 0 atom stereocenters. The molecule has 0 aliphatic heterocycles. The molecule has 4 nitrogen and oxygen atoms in total. The molecule has 2 amide bonds. The number of carbonyl (C=O) groups excluding carboxylic acids is 1. The van der Waals surface area contributed by atoms with Gasteiger partial charge in [-0.15, -0.1) is 11.3 Å². The molecule has 17 heavy (non-hydrogen) atoms. The lowest BCUT2D eigenvalue weighted by Gasteiger charge is -2.27. The molecule has 1 aliphatic rings. The van der Waals surface area contributed by atoms with Gasteiger partial charge in [0.2, 0.25) is 0 Å². The van der Waals surface area contributed by atoms with Crippen molar-refractivity contribution in [1.82, 2.24) is 5.32 Å². The monoisotopic (exact) mass is 254 g/mol. The zero-order chi connectivity index (χ0) is 12.3. The molecule has 1 fully saturated rings. The number of nitrogens with one attached hydrogen (secondary N) is 2. The van der Waals surface area contributed by atoms with E-state index in [0.717, 1.165) is 35.6 Å². The molecule has 0 radical (unpaired) electrons. The lowest BCUT2D eigenvalue weighted by Crippen LogP contribution is -2.50. The molecule has 94 valence electrons. The zero-order valence-electron chi connectivity index (χ0n) is 9.95. The minimum atomic E-state index is -0.406. The highest BCUT2D eigenvalue weighted by molar-refractivity contribution is 7.16. The predicted octanol–water partition coefficient (Wildman–Crippen LogP) is 2.48. The number of aryl methyl sites for hydroxylation is 1. The van der Waals surface area contributed by atoms with E-state index >= 15 is 0 Å². The Kier molecular flexibility index (Phi) is 3.69. The van der Waals surface area contributed by atoms with E-state index in [0.29, 0.717) is 0 Å². The van der Waals surface area contributed by atoms with E-state index in [1.165, 1.54) is 0 Å². The third-order valence-corrected chi connectivity index (χ3v) is 4.14. The summed E-state index contributed by atoms with van der Waals surface area (Å²) in [6.07, 6.45) is 3.86. The number of urea groups is 1. The van der Waals surface area contributed by atoms with E-state index in [9.17, 15) is 9.90 Å². The van der Waals surface area contributed by atoms with Gasteiger partial charge in [-0.2, -0.15) is 0 Å². The summed E-state index contributed by atoms with van der Waals surface area (Å²) in [5.74, 6) is 0. The number of hydrogen-bond acceptors (Lipinski definition) is 3. The van der Waals surface area contributed by atoms with Gasteiger partial charge in [-0.3, -0.25) is 5.32 Å². The molecular weight excluding hydrogens is 236 g/mol. The summed E-state index contributed by atoms with van der Waals surface area (Å²) in [6.45, 7) is 2.02. The fraction of sp³-hybridized carbons (Fsp3) is 0.583. The third kappa shape index (κ3) is 2.98. The van der Waals surface area contributed by atoms with Crippen molar-refractivity contribution in [1.29, 1.82) is 0 Å². The molecule has 3 N–H and O–H groups in total. The average Bonchev–Trinajstić information content (AvgIpc) is 2.89. The third-order valence-electron chi connectivity index (χ3n) is 3.22. The summed E-state index contributed by atoms with van der Waals surface area (Å²) in [5.41, 5.74) is -0.406. The topological polar surface area (TPSA) is 61.4 Å². The number of rotatable bonds is 3. The lowest BCUT2D eigenvalue weighted by molar-refractivity contribution is 0.167. The van der Waals surface area contributed by atoms with Crippen LogP contribution in [0.1, 0.15) is 30.6 Å². The smallest absolute Gasteiger partial charge is 0.320 e. The largest absolute Gasteiger partial charge is 0.394 e. The van der Waals surface area contributed by atoms with E-state index in [2.05, 4.69) is 10.6 Å². The van der Waals surface area contributed by atoms with Crippen molar-refractivity contribution in [3.63, 3.8) is 0 Å². The van der Waals surface area contributed by atoms with Gasteiger partial charge in [-0.25, -0.2) is 4.79 Å². The SMILES string of the molecule is Cc1ccc(NC(=O)NC2(CO)CCCC2)s1. The van der Waals surface area contributed by atoms with Gasteiger partial charge in [-0.05, 0) is 31.9 Å². The van der Waals surface area contributed by atoms with Crippen LogP contribution < -0.4 is 10.6 Å². The maximum atomic E-state index is 11.8. The quantitative estimate of drug-likeness (QED) is 0.776. The number of aliphatic hydroxyl groups is 1. The number of thiophene rings is 1. The van der Waals surface area contributed by atoms with E-state index in [1.54, 1.807) is 11.3 Å². The molecule has 0 aromatic carbocycles. The number of carbonyl (C=O) groups is 1. The van der Waals surface area contributed by atoms with Gasteiger partial charge < -0.3 is 10.4 Å². The first kappa shape index (κ1) is 12.4. The molecule has 0 bridgehead atoms. The molecule has 1 saturated carbocycles. The molecule has 2 rings (SSSR count). The average molecular weight is 254 g/mol. The Morgan fingerprint density at radius 3 is 2.71 bits per heavy atom.